The molecule has 31 heavy (non-hydrogen) atoms. The number of aromatic nitrogens is 2. The van der Waals surface area contributed by atoms with E-state index in [1.807, 2.05) is 35.7 Å². The van der Waals surface area contributed by atoms with E-state index in [1.54, 1.807) is 7.11 Å². The predicted molar refractivity (Wildman–Crippen MR) is 126 cm³/mol. The van der Waals surface area contributed by atoms with E-state index in [0.717, 1.165) is 55.1 Å². The third-order valence-corrected chi connectivity index (χ3v) is 6.68. The summed E-state index contributed by atoms with van der Waals surface area (Å²) in [6, 6.07) is 18.4. The number of fused-ring (bicyclic) bond motifs is 1. The third kappa shape index (κ3) is 4.06. The SMILES string of the molecule is COc1cccc(-c2csc3c(=O)[nH]c(N4CCN(Cc5ccccc5)CC4)nc23)c1. The highest BCUT2D eigenvalue weighted by molar-refractivity contribution is 7.17. The molecule has 0 aliphatic carbocycles. The Morgan fingerprint density at radius 2 is 1.87 bits per heavy atom. The Morgan fingerprint density at radius 3 is 2.65 bits per heavy atom. The topological polar surface area (TPSA) is 61.5 Å². The normalized spacial score (nSPS) is 14.8. The number of hydrogen-bond acceptors (Lipinski definition) is 6. The van der Waals surface area contributed by atoms with E-state index in [0.29, 0.717) is 10.6 Å². The molecule has 0 radical (unpaired) electrons. The first kappa shape index (κ1) is 19.8. The maximum Gasteiger partial charge on any atom is 0.270 e. The molecule has 0 saturated carbocycles. The lowest BCUT2D eigenvalue weighted by Crippen LogP contribution is -2.46. The Labute approximate surface area is 184 Å². The maximum absolute atomic E-state index is 12.8. The highest BCUT2D eigenvalue weighted by atomic mass is 32.1. The van der Waals surface area contributed by atoms with Crippen LogP contribution in [-0.2, 0) is 6.54 Å². The quantitative estimate of drug-likeness (QED) is 0.517. The van der Waals surface area contributed by atoms with E-state index in [1.165, 1.54) is 16.9 Å². The highest BCUT2D eigenvalue weighted by Gasteiger charge is 2.21. The molecule has 1 fully saturated rings. The number of piperazine rings is 1. The van der Waals surface area contributed by atoms with E-state index in [9.17, 15) is 4.79 Å². The van der Waals surface area contributed by atoms with Crippen LogP contribution in [-0.4, -0.2) is 48.2 Å². The summed E-state index contributed by atoms with van der Waals surface area (Å²) in [6.45, 7) is 4.48. The maximum atomic E-state index is 12.8. The monoisotopic (exact) mass is 432 g/mol. The third-order valence-electron chi connectivity index (χ3n) is 5.72. The minimum atomic E-state index is -0.0779. The van der Waals surface area contributed by atoms with Crippen LogP contribution in [0.15, 0.2) is 64.8 Å². The van der Waals surface area contributed by atoms with Crippen LogP contribution in [0.3, 0.4) is 0 Å². The van der Waals surface area contributed by atoms with Gasteiger partial charge in [-0.2, -0.15) is 0 Å². The smallest absolute Gasteiger partial charge is 0.270 e. The van der Waals surface area contributed by atoms with Gasteiger partial charge >= 0.3 is 0 Å². The Kier molecular flexibility index (Phi) is 5.44. The van der Waals surface area contributed by atoms with Crippen LogP contribution in [0.1, 0.15) is 5.56 Å². The second-order valence-electron chi connectivity index (χ2n) is 7.70. The molecule has 2 aromatic heterocycles. The fraction of sp³-hybridized carbons (Fsp3) is 0.250. The molecule has 7 heteroatoms. The van der Waals surface area contributed by atoms with Crippen LogP contribution >= 0.6 is 11.3 Å². The van der Waals surface area contributed by atoms with E-state index in [-0.39, 0.29) is 5.56 Å². The molecule has 0 unspecified atom stereocenters. The van der Waals surface area contributed by atoms with E-state index < -0.39 is 0 Å². The van der Waals surface area contributed by atoms with Crippen molar-refractivity contribution in [1.29, 1.82) is 0 Å². The van der Waals surface area contributed by atoms with Crippen LogP contribution in [0.25, 0.3) is 21.3 Å². The number of aromatic amines is 1. The van der Waals surface area contributed by atoms with Crippen molar-refractivity contribution in [2.24, 2.45) is 0 Å². The van der Waals surface area contributed by atoms with E-state index in [2.05, 4.69) is 39.0 Å². The molecule has 5 rings (SSSR count). The molecule has 1 N–H and O–H groups in total. The minimum Gasteiger partial charge on any atom is -0.497 e. The highest BCUT2D eigenvalue weighted by Crippen LogP contribution is 2.33. The second kappa shape index (κ2) is 8.53. The number of thiophene rings is 1. The fourth-order valence-electron chi connectivity index (χ4n) is 4.02. The number of hydrogen-bond donors (Lipinski definition) is 1. The van der Waals surface area contributed by atoms with Gasteiger partial charge in [-0.25, -0.2) is 4.98 Å². The van der Waals surface area contributed by atoms with Gasteiger partial charge in [0.1, 0.15) is 10.4 Å². The Bertz CT molecular complexity index is 1240. The van der Waals surface area contributed by atoms with Crippen molar-refractivity contribution in [2.45, 2.75) is 6.54 Å². The average molecular weight is 433 g/mol. The van der Waals surface area contributed by atoms with Gasteiger partial charge in [0.25, 0.3) is 5.56 Å². The summed E-state index contributed by atoms with van der Waals surface area (Å²) in [6.07, 6.45) is 0. The largest absolute Gasteiger partial charge is 0.497 e. The van der Waals surface area contributed by atoms with Gasteiger partial charge in [-0.1, -0.05) is 42.5 Å². The Morgan fingerprint density at radius 1 is 1.06 bits per heavy atom. The molecule has 0 amide bonds. The lowest BCUT2D eigenvalue weighted by Gasteiger charge is -2.35. The standard InChI is InChI=1S/C24H24N4O2S/c1-30-19-9-5-8-18(14-19)20-16-31-22-21(20)25-24(26-23(22)29)28-12-10-27(11-13-28)15-17-6-3-2-4-7-17/h2-9,14,16H,10-13,15H2,1H3,(H,25,26,29). The second-order valence-corrected chi connectivity index (χ2v) is 8.58. The molecule has 2 aromatic carbocycles. The van der Waals surface area contributed by atoms with Crippen molar-refractivity contribution in [3.8, 4) is 16.9 Å². The number of benzene rings is 2. The zero-order valence-electron chi connectivity index (χ0n) is 17.4. The molecule has 3 heterocycles. The van der Waals surface area contributed by atoms with Crippen molar-refractivity contribution in [1.82, 2.24) is 14.9 Å². The number of rotatable bonds is 5. The Hall–Kier alpha value is -3.16. The first-order valence-corrected chi connectivity index (χ1v) is 11.3. The van der Waals surface area contributed by atoms with Crippen molar-refractivity contribution >= 4 is 27.5 Å². The molecular weight excluding hydrogens is 408 g/mol. The van der Waals surface area contributed by atoms with Gasteiger partial charge in [0.15, 0.2) is 0 Å². The number of ether oxygens (including phenoxy) is 1. The van der Waals surface area contributed by atoms with E-state index in [4.69, 9.17) is 9.72 Å². The fourth-order valence-corrected chi connectivity index (χ4v) is 4.93. The lowest BCUT2D eigenvalue weighted by molar-refractivity contribution is 0.248. The van der Waals surface area contributed by atoms with Crippen molar-refractivity contribution < 1.29 is 4.74 Å². The number of nitrogens with one attached hydrogen (secondary N) is 1. The van der Waals surface area contributed by atoms with Crippen molar-refractivity contribution in [3.05, 3.63) is 75.9 Å². The van der Waals surface area contributed by atoms with Gasteiger partial charge in [0.05, 0.1) is 12.6 Å². The van der Waals surface area contributed by atoms with Gasteiger partial charge in [0, 0.05) is 43.7 Å². The lowest BCUT2D eigenvalue weighted by atomic mass is 10.1. The zero-order chi connectivity index (χ0) is 21.2. The molecule has 4 aromatic rings. The van der Waals surface area contributed by atoms with Crippen LogP contribution in [0, 0.1) is 0 Å². The first-order valence-electron chi connectivity index (χ1n) is 10.4. The number of nitrogens with zero attached hydrogens (tertiary/aromatic N) is 3. The van der Waals surface area contributed by atoms with Crippen LogP contribution in [0.4, 0.5) is 5.95 Å². The number of methoxy groups -OCH3 is 1. The predicted octanol–water partition coefficient (Wildman–Crippen LogP) is 3.98. The molecule has 1 saturated heterocycles. The molecule has 0 bridgehead atoms. The molecule has 6 nitrogen and oxygen atoms in total. The average Bonchev–Trinajstić information content (AvgIpc) is 3.25. The van der Waals surface area contributed by atoms with Gasteiger partial charge in [-0.15, -0.1) is 11.3 Å². The Balaban J connectivity index is 1.39. The summed E-state index contributed by atoms with van der Waals surface area (Å²) >= 11 is 1.43. The summed E-state index contributed by atoms with van der Waals surface area (Å²) < 4.78 is 6.02. The van der Waals surface area contributed by atoms with Crippen LogP contribution in [0.5, 0.6) is 5.75 Å². The van der Waals surface area contributed by atoms with Crippen molar-refractivity contribution in [2.75, 3.05) is 38.2 Å². The van der Waals surface area contributed by atoms with Crippen LogP contribution < -0.4 is 15.2 Å². The number of H-pyrrole nitrogens is 1. The van der Waals surface area contributed by atoms with Gasteiger partial charge in [-0.3, -0.25) is 14.7 Å². The molecule has 1 aliphatic rings. The molecular formula is C24H24N4O2S. The molecule has 0 atom stereocenters. The zero-order valence-corrected chi connectivity index (χ0v) is 18.2. The van der Waals surface area contributed by atoms with Crippen molar-refractivity contribution in [3.63, 3.8) is 0 Å². The summed E-state index contributed by atoms with van der Waals surface area (Å²) in [5, 5.41) is 2.00. The van der Waals surface area contributed by atoms with Gasteiger partial charge in [0.2, 0.25) is 5.95 Å². The summed E-state index contributed by atoms with van der Waals surface area (Å²) in [4.78, 5) is 25.3. The van der Waals surface area contributed by atoms with Gasteiger partial charge in [-0.05, 0) is 23.3 Å². The van der Waals surface area contributed by atoms with Gasteiger partial charge < -0.3 is 9.64 Å². The van der Waals surface area contributed by atoms with E-state index >= 15 is 0 Å². The summed E-state index contributed by atoms with van der Waals surface area (Å²) in [5.41, 5.74) is 3.97. The molecule has 1 aliphatic heterocycles. The summed E-state index contributed by atoms with van der Waals surface area (Å²) in [5.74, 6) is 1.44. The first-order chi connectivity index (χ1) is 15.2. The van der Waals surface area contributed by atoms with Crippen LogP contribution in [0.2, 0.25) is 0 Å². The molecule has 0 spiro atoms. The minimum absolute atomic E-state index is 0.0779. The number of anilines is 1. The summed E-state index contributed by atoms with van der Waals surface area (Å²) in [7, 11) is 1.66. The molecule has 158 valence electrons.